The molecule has 0 saturated carbocycles. The van der Waals surface area contributed by atoms with Gasteiger partial charge in [0.05, 0.1) is 11.3 Å². The maximum Gasteiger partial charge on any atom is 0.336 e. The summed E-state index contributed by atoms with van der Waals surface area (Å²) in [6, 6.07) is 12.1. The van der Waals surface area contributed by atoms with Crippen molar-refractivity contribution in [2.45, 2.75) is 0 Å². The molecule has 90 valence electrons. The van der Waals surface area contributed by atoms with Crippen molar-refractivity contribution >= 4 is 29.2 Å². The van der Waals surface area contributed by atoms with Gasteiger partial charge in [-0.15, -0.1) is 0 Å². The first-order chi connectivity index (χ1) is 8.66. The summed E-state index contributed by atoms with van der Waals surface area (Å²) in [5.41, 5.74) is 1.31. The monoisotopic (exact) mass is 259 g/mol. The van der Waals surface area contributed by atoms with E-state index in [0.29, 0.717) is 16.3 Å². The predicted octanol–water partition coefficient (Wildman–Crippen LogP) is 3.36. The summed E-state index contributed by atoms with van der Waals surface area (Å²) < 4.78 is 0. The van der Waals surface area contributed by atoms with Gasteiger partial charge >= 0.3 is 5.97 Å². The third-order valence-corrected chi connectivity index (χ3v) is 2.58. The Balaban J connectivity index is 2.47. The summed E-state index contributed by atoms with van der Waals surface area (Å²) in [5, 5.41) is 9.74. The van der Waals surface area contributed by atoms with Crippen molar-refractivity contribution in [2.75, 3.05) is 0 Å². The Labute approximate surface area is 109 Å². The van der Waals surface area contributed by atoms with Crippen molar-refractivity contribution in [3.8, 4) is 0 Å². The van der Waals surface area contributed by atoms with Gasteiger partial charge in [0.15, 0.2) is 0 Å². The van der Waals surface area contributed by atoms with E-state index in [2.05, 4.69) is 4.98 Å². The Hall–Kier alpha value is -2.13. The first kappa shape index (κ1) is 12.3. The Morgan fingerprint density at radius 1 is 1.22 bits per heavy atom. The van der Waals surface area contributed by atoms with Crippen LogP contribution in [-0.2, 0) is 4.79 Å². The minimum atomic E-state index is -1.01. The van der Waals surface area contributed by atoms with Crippen molar-refractivity contribution in [2.24, 2.45) is 0 Å². The van der Waals surface area contributed by atoms with Crippen LogP contribution in [0.2, 0.25) is 5.02 Å². The second-order valence-corrected chi connectivity index (χ2v) is 4.06. The van der Waals surface area contributed by atoms with Gasteiger partial charge < -0.3 is 5.11 Å². The van der Waals surface area contributed by atoms with Gasteiger partial charge in [-0.25, -0.2) is 4.79 Å². The number of carbonyl (C=O) groups is 1. The van der Waals surface area contributed by atoms with Crippen LogP contribution in [0, 0.1) is 0 Å². The van der Waals surface area contributed by atoms with Crippen molar-refractivity contribution in [1.29, 1.82) is 0 Å². The second-order valence-electron chi connectivity index (χ2n) is 3.63. The Kier molecular flexibility index (Phi) is 3.75. The molecule has 0 spiro atoms. The summed E-state index contributed by atoms with van der Waals surface area (Å²) in [5.74, 6) is -1.01. The number of pyridine rings is 1. The zero-order chi connectivity index (χ0) is 13.0. The standard InChI is InChI=1S/C14H10ClNO2/c15-11-5-3-4-10(8-11)13(14(17)18)9-12-6-1-2-7-16-12/h1-9H,(H,17,18)/b13-9+. The first-order valence-corrected chi connectivity index (χ1v) is 5.66. The number of hydrogen-bond donors (Lipinski definition) is 1. The molecule has 0 aliphatic carbocycles. The molecule has 3 nitrogen and oxygen atoms in total. The molecule has 0 atom stereocenters. The quantitative estimate of drug-likeness (QED) is 0.860. The maximum absolute atomic E-state index is 11.3. The van der Waals surface area contributed by atoms with Crippen LogP contribution in [0.25, 0.3) is 11.6 Å². The van der Waals surface area contributed by atoms with Crippen LogP contribution in [0.1, 0.15) is 11.3 Å². The number of aromatic nitrogens is 1. The van der Waals surface area contributed by atoms with Crippen LogP contribution in [-0.4, -0.2) is 16.1 Å². The van der Waals surface area contributed by atoms with Crippen LogP contribution >= 0.6 is 11.6 Å². The highest BCUT2D eigenvalue weighted by molar-refractivity contribution is 6.31. The molecule has 2 rings (SSSR count). The Morgan fingerprint density at radius 3 is 2.67 bits per heavy atom. The maximum atomic E-state index is 11.3. The van der Waals surface area contributed by atoms with E-state index in [-0.39, 0.29) is 5.57 Å². The normalized spacial score (nSPS) is 11.3. The van der Waals surface area contributed by atoms with Crippen molar-refractivity contribution in [3.63, 3.8) is 0 Å². The molecule has 18 heavy (non-hydrogen) atoms. The van der Waals surface area contributed by atoms with Gasteiger partial charge in [-0.3, -0.25) is 4.98 Å². The molecule has 0 aliphatic rings. The molecule has 0 aliphatic heterocycles. The van der Waals surface area contributed by atoms with Crippen LogP contribution in [0.5, 0.6) is 0 Å². The Bertz CT molecular complexity index is 594. The minimum absolute atomic E-state index is 0.163. The summed E-state index contributed by atoms with van der Waals surface area (Å²) in [6.45, 7) is 0. The number of aliphatic carboxylic acids is 1. The highest BCUT2D eigenvalue weighted by Gasteiger charge is 2.10. The average Bonchev–Trinajstić information content (AvgIpc) is 2.37. The minimum Gasteiger partial charge on any atom is -0.478 e. The van der Waals surface area contributed by atoms with E-state index < -0.39 is 5.97 Å². The zero-order valence-corrected chi connectivity index (χ0v) is 10.1. The Morgan fingerprint density at radius 2 is 2.06 bits per heavy atom. The fraction of sp³-hybridized carbons (Fsp3) is 0. The molecule has 0 bridgehead atoms. The number of carboxylic acid groups (broad SMARTS) is 1. The smallest absolute Gasteiger partial charge is 0.336 e. The van der Waals surface area contributed by atoms with E-state index in [4.69, 9.17) is 11.6 Å². The van der Waals surface area contributed by atoms with Gasteiger partial charge in [-0.2, -0.15) is 0 Å². The molecule has 1 aromatic heterocycles. The van der Waals surface area contributed by atoms with E-state index in [9.17, 15) is 9.90 Å². The van der Waals surface area contributed by atoms with Crippen LogP contribution in [0.3, 0.4) is 0 Å². The molecule has 1 aromatic carbocycles. The fourth-order valence-corrected chi connectivity index (χ4v) is 1.72. The van der Waals surface area contributed by atoms with E-state index in [1.807, 2.05) is 0 Å². The molecule has 0 unspecified atom stereocenters. The number of rotatable bonds is 3. The van der Waals surface area contributed by atoms with Gasteiger partial charge in [0.25, 0.3) is 0 Å². The van der Waals surface area contributed by atoms with Crippen LogP contribution < -0.4 is 0 Å². The number of nitrogens with zero attached hydrogens (tertiary/aromatic N) is 1. The van der Waals surface area contributed by atoms with Gasteiger partial charge in [-0.1, -0.05) is 29.8 Å². The highest BCUT2D eigenvalue weighted by atomic mass is 35.5. The predicted molar refractivity (Wildman–Crippen MR) is 71.2 cm³/mol. The molecule has 4 heteroatoms. The lowest BCUT2D eigenvalue weighted by Crippen LogP contribution is -1.99. The number of halogens is 1. The van der Waals surface area contributed by atoms with Gasteiger partial charge in [0, 0.05) is 11.2 Å². The second kappa shape index (κ2) is 5.47. The van der Waals surface area contributed by atoms with Gasteiger partial charge in [-0.05, 0) is 35.9 Å². The van der Waals surface area contributed by atoms with Gasteiger partial charge in [0.2, 0.25) is 0 Å². The summed E-state index contributed by atoms with van der Waals surface area (Å²) in [7, 11) is 0. The third kappa shape index (κ3) is 2.96. The number of benzene rings is 1. The lowest BCUT2D eigenvalue weighted by atomic mass is 10.0. The molecule has 0 fully saturated rings. The summed E-state index contributed by atoms with van der Waals surface area (Å²) in [4.78, 5) is 15.4. The van der Waals surface area contributed by atoms with Crippen LogP contribution in [0.15, 0.2) is 48.7 Å². The van der Waals surface area contributed by atoms with Crippen LogP contribution in [0.4, 0.5) is 0 Å². The van der Waals surface area contributed by atoms with Crippen molar-refractivity contribution in [3.05, 3.63) is 64.9 Å². The zero-order valence-electron chi connectivity index (χ0n) is 9.38. The lowest BCUT2D eigenvalue weighted by Gasteiger charge is -2.03. The number of hydrogen-bond acceptors (Lipinski definition) is 2. The summed E-state index contributed by atoms with van der Waals surface area (Å²) >= 11 is 5.86. The number of carboxylic acids is 1. The van der Waals surface area contributed by atoms with Crippen molar-refractivity contribution < 1.29 is 9.90 Å². The molecule has 1 N–H and O–H groups in total. The lowest BCUT2D eigenvalue weighted by molar-refractivity contribution is -0.130. The largest absolute Gasteiger partial charge is 0.478 e. The average molecular weight is 260 g/mol. The fourth-order valence-electron chi connectivity index (χ4n) is 1.53. The molecule has 0 saturated heterocycles. The van der Waals surface area contributed by atoms with Crippen molar-refractivity contribution in [1.82, 2.24) is 4.98 Å². The van der Waals surface area contributed by atoms with E-state index in [0.717, 1.165) is 0 Å². The van der Waals surface area contributed by atoms with Gasteiger partial charge in [0.1, 0.15) is 0 Å². The summed E-state index contributed by atoms with van der Waals surface area (Å²) in [6.07, 6.45) is 3.14. The molecule has 0 amide bonds. The third-order valence-electron chi connectivity index (χ3n) is 2.35. The molecule has 2 aromatic rings. The highest BCUT2D eigenvalue weighted by Crippen LogP contribution is 2.21. The molecular formula is C14H10ClNO2. The van der Waals surface area contributed by atoms with E-state index in [1.54, 1.807) is 48.7 Å². The molecule has 0 radical (unpaired) electrons. The van der Waals surface area contributed by atoms with E-state index in [1.165, 1.54) is 6.08 Å². The topological polar surface area (TPSA) is 50.2 Å². The van der Waals surface area contributed by atoms with E-state index >= 15 is 0 Å². The SMILES string of the molecule is O=C(O)/C(=C/c1ccccn1)c1cccc(Cl)c1. The molecule has 1 heterocycles. The first-order valence-electron chi connectivity index (χ1n) is 5.29. The molecular weight excluding hydrogens is 250 g/mol.